The summed E-state index contributed by atoms with van der Waals surface area (Å²) in [6.07, 6.45) is 5.22. The number of hydrogen-bond donors (Lipinski definition) is 1. The number of carbonyl (C=O) groups is 1. The van der Waals surface area contributed by atoms with Crippen molar-refractivity contribution in [3.05, 3.63) is 59.3 Å². The van der Waals surface area contributed by atoms with E-state index in [2.05, 4.69) is 10.3 Å². The zero-order chi connectivity index (χ0) is 22.0. The van der Waals surface area contributed by atoms with E-state index in [1.807, 2.05) is 17.8 Å². The summed E-state index contributed by atoms with van der Waals surface area (Å²) in [4.78, 5) is 16.8. The lowest BCUT2D eigenvalue weighted by Gasteiger charge is -2.17. The van der Waals surface area contributed by atoms with Gasteiger partial charge in [0.25, 0.3) is 5.91 Å². The van der Waals surface area contributed by atoms with Gasteiger partial charge in [-0.3, -0.25) is 4.79 Å². The third-order valence-corrected chi connectivity index (χ3v) is 8.34. The van der Waals surface area contributed by atoms with E-state index in [9.17, 15) is 13.2 Å². The zero-order valence-corrected chi connectivity index (χ0v) is 19.1. The number of anilines is 1. The van der Waals surface area contributed by atoms with Crippen molar-refractivity contribution < 1.29 is 17.6 Å². The number of aryl methyl sites for hydroxylation is 1. The molecule has 1 N–H and O–H groups in total. The number of benzene rings is 1. The first kappa shape index (κ1) is 21.9. The molecule has 4 rings (SSSR count). The van der Waals surface area contributed by atoms with E-state index in [0.717, 1.165) is 18.0 Å². The van der Waals surface area contributed by atoms with Gasteiger partial charge in [-0.2, -0.15) is 4.31 Å². The number of sulfonamides is 1. The Morgan fingerprint density at radius 2 is 2.03 bits per heavy atom. The van der Waals surface area contributed by atoms with Crippen LogP contribution in [-0.2, 0) is 22.8 Å². The Hall–Kier alpha value is -2.27. The molecule has 0 atom stereocenters. The normalized spacial score (nSPS) is 14.8. The Balaban J connectivity index is 1.45. The third-order valence-electron chi connectivity index (χ3n) is 4.88. The van der Waals surface area contributed by atoms with Gasteiger partial charge in [-0.05, 0) is 43.2 Å². The van der Waals surface area contributed by atoms with E-state index >= 15 is 0 Å². The van der Waals surface area contributed by atoms with Gasteiger partial charge in [0.1, 0.15) is 10.7 Å². The van der Waals surface area contributed by atoms with Crippen LogP contribution in [0.1, 0.15) is 29.2 Å². The predicted molar refractivity (Wildman–Crippen MR) is 119 cm³/mol. The van der Waals surface area contributed by atoms with Gasteiger partial charge in [0.2, 0.25) is 10.0 Å². The van der Waals surface area contributed by atoms with Crippen LogP contribution in [0.4, 0.5) is 5.69 Å². The topological polar surface area (TPSA) is 97.4 Å². The molecule has 3 heterocycles. The van der Waals surface area contributed by atoms with Gasteiger partial charge in [-0.1, -0.05) is 23.4 Å². The average Bonchev–Trinajstić information content (AvgIpc) is 3.50. The number of amides is 1. The lowest BCUT2D eigenvalue weighted by atomic mass is 10.3. The highest BCUT2D eigenvalue weighted by molar-refractivity contribution is 7.98. The maximum Gasteiger partial charge on any atom is 0.291 e. The fraction of sp³-hybridized carbons (Fsp3) is 0.300. The first-order valence-electron chi connectivity index (χ1n) is 9.64. The van der Waals surface area contributed by atoms with Crippen LogP contribution in [0.5, 0.6) is 0 Å². The molecule has 0 saturated carbocycles. The molecule has 2 aromatic heterocycles. The second-order valence-electron chi connectivity index (χ2n) is 7.09. The Labute approximate surface area is 189 Å². The molecule has 0 bridgehead atoms. The first-order chi connectivity index (χ1) is 14.8. The largest absolute Gasteiger partial charge is 0.455 e. The van der Waals surface area contributed by atoms with Crippen molar-refractivity contribution in [1.82, 2.24) is 13.9 Å². The van der Waals surface area contributed by atoms with Gasteiger partial charge in [0.05, 0.1) is 10.8 Å². The molecule has 0 unspecified atom stereocenters. The summed E-state index contributed by atoms with van der Waals surface area (Å²) in [5.74, 6) is 0.818. The number of nitrogens with zero attached hydrogens (tertiary/aromatic N) is 3. The van der Waals surface area contributed by atoms with Gasteiger partial charge in [0.15, 0.2) is 10.9 Å². The van der Waals surface area contributed by atoms with E-state index < -0.39 is 15.9 Å². The summed E-state index contributed by atoms with van der Waals surface area (Å²) < 4.78 is 34.7. The molecule has 1 aromatic carbocycles. The molecule has 1 fully saturated rings. The number of imidazole rings is 1. The SMILES string of the molecule is Cn1ccnc1SCc1ccc(C(=O)Nc2ccc(Cl)c(S(=O)(=O)N3CCCC3)c2)o1. The van der Waals surface area contributed by atoms with Gasteiger partial charge >= 0.3 is 0 Å². The highest BCUT2D eigenvalue weighted by atomic mass is 35.5. The molecule has 3 aromatic rings. The Kier molecular flexibility index (Phi) is 6.42. The molecule has 1 saturated heterocycles. The minimum Gasteiger partial charge on any atom is -0.455 e. The van der Waals surface area contributed by atoms with E-state index in [-0.39, 0.29) is 15.7 Å². The Morgan fingerprint density at radius 3 is 2.74 bits per heavy atom. The molecular weight excluding hydrogens is 460 g/mol. The number of aromatic nitrogens is 2. The number of thioether (sulfide) groups is 1. The zero-order valence-electron chi connectivity index (χ0n) is 16.7. The number of rotatable bonds is 7. The number of halogens is 1. The summed E-state index contributed by atoms with van der Waals surface area (Å²) in [7, 11) is -1.80. The Morgan fingerprint density at radius 1 is 1.26 bits per heavy atom. The maximum atomic E-state index is 12.9. The minimum atomic E-state index is -3.70. The summed E-state index contributed by atoms with van der Waals surface area (Å²) in [6, 6.07) is 7.73. The molecule has 164 valence electrons. The van der Waals surface area contributed by atoms with E-state index in [1.165, 1.54) is 28.2 Å². The van der Waals surface area contributed by atoms with Crippen LogP contribution in [0.2, 0.25) is 5.02 Å². The lowest BCUT2D eigenvalue weighted by molar-refractivity contribution is 0.0995. The van der Waals surface area contributed by atoms with Crippen LogP contribution in [0.3, 0.4) is 0 Å². The van der Waals surface area contributed by atoms with Crippen molar-refractivity contribution in [2.24, 2.45) is 7.05 Å². The quantitative estimate of drug-likeness (QED) is 0.513. The van der Waals surface area contributed by atoms with Crippen molar-refractivity contribution in [1.29, 1.82) is 0 Å². The van der Waals surface area contributed by atoms with Crippen LogP contribution in [-0.4, -0.2) is 41.3 Å². The minimum absolute atomic E-state index is 0.0135. The summed E-state index contributed by atoms with van der Waals surface area (Å²) >= 11 is 7.65. The van der Waals surface area contributed by atoms with E-state index in [1.54, 1.807) is 24.4 Å². The average molecular weight is 481 g/mol. The van der Waals surface area contributed by atoms with Gasteiger partial charge < -0.3 is 14.3 Å². The van der Waals surface area contributed by atoms with Crippen LogP contribution >= 0.6 is 23.4 Å². The summed E-state index contributed by atoms with van der Waals surface area (Å²) in [5.41, 5.74) is 0.326. The highest BCUT2D eigenvalue weighted by Gasteiger charge is 2.29. The fourth-order valence-corrected chi connectivity index (χ4v) is 6.09. The van der Waals surface area contributed by atoms with Crippen molar-refractivity contribution in [2.45, 2.75) is 28.6 Å². The molecule has 31 heavy (non-hydrogen) atoms. The van der Waals surface area contributed by atoms with Crippen molar-refractivity contribution in [3.8, 4) is 0 Å². The number of furan rings is 1. The molecule has 1 aliphatic heterocycles. The monoisotopic (exact) mass is 480 g/mol. The first-order valence-corrected chi connectivity index (χ1v) is 12.4. The third kappa shape index (κ3) is 4.82. The second kappa shape index (κ2) is 9.07. The van der Waals surface area contributed by atoms with Crippen LogP contribution in [0.15, 0.2) is 57.2 Å². The van der Waals surface area contributed by atoms with E-state index in [0.29, 0.717) is 30.3 Å². The molecule has 0 aliphatic carbocycles. The van der Waals surface area contributed by atoms with Crippen LogP contribution in [0, 0.1) is 0 Å². The standard InChI is InChI=1S/C20H21ClN4O4S2/c1-24-11-8-22-20(24)30-13-15-5-7-17(29-15)19(26)23-14-4-6-16(21)18(12-14)31(27,28)25-9-2-3-10-25/h4-8,11-12H,2-3,9-10,13H2,1H3,(H,23,26). The molecule has 0 spiro atoms. The maximum absolute atomic E-state index is 12.9. The summed E-state index contributed by atoms with van der Waals surface area (Å²) in [5, 5.41) is 3.65. The van der Waals surface area contributed by atoms with Crippen molar-refractivity contribution in [2.75, 3.05) is 18.4 Å². The smallest absolute Gasteiger partial charge is 0.291 e. The molecule has 1 aliphatic rings. The van der Waals surface area contributed by atoms with Gasteiger partial charge in [-0.15, -0.1) is 0 Å². The molecule has 11 heteroatoms. The van der Waals surface area contributed by atoms with Crippen LogP contribution < -0.4 is 5.32 Å². The highest BCUT2D eigenvalue weighted by Crippen LogP contribution is 2.30. The fourth-order valence-electron chi connectivity index (χ4n) is 3.24. The van der Waals surface area contributed by atoms with Crippen LogP contribution in [0.25, 0.3) is 0 Å². The second-order valence-corrected chi connectivity index (χ2v) is 10.3. The molecule has 1 amide bonds. The van der Waals surface area contributed by atoms with Gasteiger partial charge in [-0.25, -0.2) is 13.4 Å². The lowest BCUT2D eigenvalue weighted by Crippen LogP contribution is -2.28. The molecule has 8 nitrogen and oxygen atoms in total. The summed E-state index contributed by atoms with van der Waals surface area (Å²) in [6.45, 7) is 0.946. The van der Waals surface area contributed by atoms with Crippen molar-refractivity contribution >= 4 is 45.0 Å². The molecule has 0 radical (unpaired) electrons. The molecular formula is C20H21ClN4O4S2. The predicted octanol–water partition coefficient (Wildman–Crippen LogP) is 4.00. The van der Waals surface area contributed by atoms with E-state index in [4.69, 9.17) is 16.0 Å². The Bertz CT molecular complexity index is 1200. The number of nitrogens with one attached hydrogen (secondary N) is 1. The number of hydrogen-bond acceptors (Lipinski definition) is 6. The van der Waals surface area contributed by atoms with Crippen molar-refractivity contribution in [3.63, 3.8) is 0 Å². The number of carbonyl (C=O) groups excluding carboxylic acids is 1. The van der Waals surface area contributed by atoms with Gasteiger partial charge in [0, 0.05) is 38.2 Å².